The van der Waals surface area contributed by atoms with Gasteiger partial charge in [-0.15, -0.1) is 0 Å². The molecule has 0 bridgehead atoms. The van der Waals surface area contributed by atoms with E-state index in [9.17, 15) is 0 Å². The molecule has 2 heterocycles. The first-order chi connectivity index (χ1) is 7.40. The van der Waals surface area contributed by atoms with Crippen LogP contribution in [-0.2, 0) is 9.47 Å². The Hall–Kier alpha value is -0.160. The predicted molar refractivity (Wildman–Crippen MR) is 70.3 cm³/mol. The van der Waals surface area contributed by atoms with Crippen LogP contribution in [0.3, 0.4) is 0 Å². The summed E-state index contributed by atoms with van der Waals surface area (Å²) in [6.45, 7) is 11.5. The van der Waals surface area contributed by atoms with Crippen LogP contribution in [0.15, 0.2) is 0 Å². The van der Waals surface area contributed by atoms with Gasteiger partial charge in [-0.2, -0.15) is 0 Å². The van der Waals surface area contributed by atoms with Gasteiger partial charge in [0.05, 0.1) is 18.8 Å². The van der Waals surface area contributed by atoms with Crippen molar-refractivity contribution in [1.29, 1.82) is 0 Å². The highest BCUT2D eigenvalue weighted by atomic mass is 16.5. The Morgan fingerprint density at radius 2 is 1.82 bits per heavy atom. The first kappa shape index (κ1) is 16.8. The minimum atomic E-state index is 0. The Labute approximate surface area is 105 Å². The molecule has 0 aliphatic carbocycles. The second-order valence-electron chi connectivity index (χ2n) is 5.95. The molecule has 2 saturated heterocycles. The van der Waals surface area contributed by atoms with Gasteiger partial charge >= 0.3 is 0 Å². The largest absolute Gasteiger partial charge is 0.412 e. The van der Waals surface area contributed by atoms with Crippen LogP contribution in [0.25, 0.3) is 0 Å². The van der Waals surface area contributed by atoms with Crippen molar-refractivity contribution >= 4 is 0 Å². The quantitative estimate of drug-likeness (QED) is 0.703. The average Bonchev–Trinajstić information content (AvgIpc) is 2.16. The molecule has 4 heteroatoms. The van der Waals surface area contributed by atoms with E-state index in [-0.39, 0.29) is 11.1 Å². The van der Waals surface area contributed by atoms with Gasteiger partial charge in [-0.1, -0.05) is 0 Å². The summed E-state index contributed by atoms with van der Waals surface area (Å²) in [7, 11) is 1.71. The second kappa shape index (κ2) is 6.69. The zero-order valence-electron chi connectivity index (χ0n) is 11.9. The van der Waals surface area contributed by atoms with Crippen LogP contribution in [0, 0.1) is 5.41 Å². The molecule has 1 spiro atoms. The van der Waals surface area contributed by atoms with Crippen molar-refractivity contribution in [3.05, 3.63) is 0 Å². The van der Waals surface area contributed by atoms with Crippen molar-refractivity contribution in [2.24, 2.45) is 5.41 Å². The van der Waals surface area contributed by atoms with Crippen molar-refractivity contribution in [3.63, 3.8) is 0 Å². The molecule has 2 rings (SSSR count). The molecule has 0 saturated carbocycles. The van der Waals surface area contributed by atoms with E-state index in [2.05, 4.69) is 12.2 Å². The summed E-state index contributed by atoms with van der Waals surface area (Å²) in [5.41, 5.74) is 0.568. The highest BCUT2D eigenvalue weighted by molar-refractivity contribution is 4.96. The van der Waals surface area contributed by atoms with Crippen molar-refractivity contribution in [1.82, 2.24) is 5.32 Å². The Morgan fingerprint density at radius 3 is 2.06 bits per heavy atom. The number of nitrogens with one attached hydrogen (secondary N) is 1. The molecule has 4 nitrogen and oxygen atoms in total. The SMILES string of the molecule is CC1NCCCC12COC2.COC(C)(C)C.O. The fourth-order valence-electron chi connectivity index (χ4n) is 1.95. The minimum Gasteiger partial charge on any atom is -0.412 e. The van der Waals surface area contributed by atoms with E-state index in [1.54, 1.807) is 7.11 Å². The summed E-state index contributed by atoms with van der Waals surface area (Å²) in [5, 5.41) is 3.49. The standard InChI is InChI=1S/C8H15NO.C5H12O.H2O/c1-7-8(5-10-6-8)3-2-4-9-7;1-5(2,3)6-4;/h7,9H,2-6H2,1H3;1-4H3;1H2. The van der Waals surface area contributed by atoms with Gasteiger partial charge in [0, 0.05) is 18.6 Å². The van der Waals surface area contributed by atoms with Crippen molar-refractivity contribution in [2.75, 3.05) is 26.9 Å². The maximum Gasteiger partial charge on any atom is 0.0594 e. The molecule has 1 unspecified atom stereocenters. The van der Waals surface area contributed by atoms with Gasteiger partial charge in [0.25, 0.3) is 0 Å². The lowest BCUT2D eigenvalue weighted by atomic mass is 9.73. The summed E-state index contributed by atoms with van der Waals surface area (Å²) in [6.07, 6.45) is 2.69. The van der Waals surface area contributed by atoms with Gasteiger partial charge in [-0.05, 0) is 47.1 Å². The first-order valence-electron chi connectivity index (χ1n) is 6.26. The Morgan fingerprint density at radius 1 is 1.29 bits per heavy atom. The van der Waals surface area contributed by atoms with Crippen LogP contribution in [0.4, 0.5) is 0 Å². The number of piperidine rings is 1. The second-order valence-corrected chi connectivity index (χ2v) is 5.95. The molecule has 0 amide bonds. The van der Waals surface area contributed by atoms with Crippen LogP contribution < -0.4 is 5.32 Å². The summed E-state index contributed by atoms with van der Waals surface area (Å²) < 4.78 is 10.2. The lowest BCUT2D eigenvalue weighted by Crippen LogP contribution is -2.58. The topological polar surface area (TPSA) is 62.0 Å². The van der Waals surface area contributed by atoms with Gasteiger partial charge < -0.3 is 20.3 Å². The summed E-state index contributed by atoms with van der Waals surface area (Å²) in [6, 6.07) is 0.676. The van der Waals surface area contributed by atoms with E-state index in [1.165, 1.54) is 19.4 Å². The molecular formula is C13H29NO3. The third-order valence-corrected chi connectivity index (χ3v) is 3.61. The highest BCUT2D eigenvalue weighted by Gasteiger charge is 2.44. The zero-order chi connectivity index (χ0) is 12.2. The molecule has 0 radical (unpaired) electrons. The van der Waals surface area contributed by atoms with E-state index in [0.29, 0.717) is 11.5 Å². The predicted octanol–water partition coefficient (Wildman–Crippen LogP) is 1.38. The van der Waals surface area contributed by atoms with Gasteiger partial charge in [-0.3, -0.25) is 0 Å². The summed E-state index contributed by atoms with van der Waals surface area (Å²) in [4.78, 5) is 0. The molecule has 17 heavy (non-hydrogen) atoms. The Balaban J connectivity index is 0.000000324. The molecule has 0 aromatic heterocycles. The maximum absolute atomic E-state index is 5.25. The monoisotopic (exact) mass is 247 g/mol. The van der Waals surface area contributed by atoms with Crippen molar-refractivity contribution in [2.45, 2.75) is 52.2 Å². The third kappa shape index (κ3) is 4.92. The third-order valence-electron chi connectivity index (χ3n) is 3.61. The van der Waals surface area contributed by atoms with E-state index in [1.807, 2.05) is 20.8 Å². The molecule has 2 fully saturated rings. The van der Waals surface area contributed by atoms with Crippen molar-refractivity contribution in [3.8, 4) is 0 Å². The fraction of sp³-hybridized carbons (Fsp3) is 1.00. The normalized spacial score (nSPS) is 26.3. The highest BCUT2D eigenvalue weighted by Crippen LogP contribution is 2.38. The van der Waals surface area contributed by atoms with Crippen LogP contribution in [0.2, 0.25) is 0 Å². The average molecular weight is 247 g/mol. The van der Waals surface area contributed by atoms with Gasteiger partial charge in [-0.25, -0.2) is 0 Å². The first-order valence-corrected chi connectivity index (χ1v) is 6.26. The van der Waals surface area contributed by atoms with Gasteiger partial charge in [0.2, 0.25) is 0 Å². The molecular weight excluding hydrogens is 218 g/mol. The smallest absolute Gasteiger partial charge is 0.0594 e. The molecule has 2 aliphatic heterocycles. The van der Waals surface area contributed by atoms with Crippen LogP contribution in [0.5, 0.6) is 0 Å². The van der Waals surface area contributed by atoms with Crippen LogP contribution in [-0.4, -0.2) is 44.0 Å². The number of ether oxygens (including phenoxy) is 2. The van der Waals surface area contributed by atoms with Gasteiger partial charge in [0.1, 0.15) is 0 Å². The number of hydrogen-bond donors (Lipinski definition) is 1. The van der Waals surface area contributed by atoms with Crippen LogP contribution in [0.1, 0.15) is 40.5 Å². The lowest BCUT2D eigenvalue weighted by molar-refractivity contribution is -0.142. The minimum absolute atomic E-state index is 0. The Bertz CT molecular complexity index is 209. The van der Waals surface area contributed by atoms with E-state index < -0.39 is 0 Å². The molecule has 2 aliphatic rings. The molecule has 0 aromatic rings. The fourth-order valence-corrected chi connectivity index (χ4v) is 1.95. The lowest BCUT2D eigenvalue weighted by Gasteiger charge is -2.49. The number of rotatable bonds is 0. The molecule has 0 aromatic carbocycles. The van der Waals surface area contributed by atoms with E-state index in [4.69, 9.17) is 9.47 Å². The summed E-state index contributed by atoms with van der Waals surface area (Å²) in [5.74, 6) is 0. The number of methoxy groups -OCH3 is 1. The Kier molecular flexibility index (Phi) is 6.62. The number of hydrogen-bond acceptors (Lipinski definition) is 3. The van der Waals surface area contributed by atoms with Gasteiger partial charge in [0.15, 0.2) is 0 Å². The molecule has 104 valence electrons. The van der Waals surface area contributed by atoms with E-state index >= 15 is 0 Å². The zero-order valence-corrected chi connectivity index (χ0v) is 11.9. The van der Waals surface area contributed by atoms with Crippen molar-refractivity contribution < 1.29 is 14.9 Å². The van der Waals surface area contributed by atoms with E-state index in [0.717, 1.165) is 13.2 Å². The molecule has 1 atom stereocenters. The molecule has 3 N–H and O–H groups in total. The maximum atomic E-state index is 5.25. The van der Waals surface area contributed by atoms with Crippen LogP contribution >= 0.6 is 0 Å². The summed E-state index contributed by atoms with van der Waals surface area (Å²) >= 11 is 0.